The maximum absolute atomic E-state index is 11.3. The lowest BCUT2D eigenvalue weighted by atomic mass is 10.4. The number of nitrogens with zero attached hydrogens (tertiary/aromatic N) is 1. The second kappa shape index (κ2) is 4.44. The van der Waals surface area contributed by atoms with Gasteiger partial charge in [0.15, 0.2) is 0 Å². The molecule has 6 heteroatoms. The third kappa shape index (κ3) is 2.72. The second-order valence-electron chi connectivity index (χ2n) is 2.98. The van der Waals surface area contributed by atoms with Crippen LogP contribution in [0.1, 0.15) is 6.42 Å². The standard InChI is InChI=1S/C8H12N2O3S/c1-2-4-9-8(11)7-10-5-3-6-14(10,12)13/h1H,3-7H2,(H,9,11). The van der Waals surface area contributed by atoms with E-state index >= 15 is 0 Å². The number of carbonyl (C=O) groups excluding carboxylic acids is 1. The predicted octanol–water partition coefficient (Wildman–Crippen LogP) is -1.23. The summed E-state index contributed by atoms with van der Waals surface area (Å²) >= 11 is 0. The fraction of sp³-hybridized carbons (Fsp3) is 0.625. The van der Waals surface area contributed by atoms with Gasteiger partial charge in [-0.3, -0.25) is 4.79 Å². The second-order valence-corrected chi connectivity index (χ2v) is 5.07. The molecule has 0 spiro atoms. The Morgan fingerprint density at radius 1 is 1.57 bits per heavy atom. The Bertz CT molecular complexity index is 355. The highest BCUT2D eigenvalue weighted by Gasteiger charge is 2.29. The summed E-state index contributed by atoms with van der Waals surface area (Å²) in [5.41, 5.74) is 0. The molecular formula is C8H12N2O3S. The summed E-state index contributed by atoms with van der Waals surface area (Å²) < 4.78 is 23.7. The van der Waals surface area contributed by atoms with Crippen molar-refractivity contribution in [1.82, 2.24) is 9.62 Å². The smallest absolute Gasteiger partial charge is 0.236 e. The van der Waals surface area contributed by atoms with Crippen LogP contribution < -0.4 is 5.32 Å². The van der Waals surface area contributed by atoms with Crippen molar-refractivity contribution in [3.05, 3.63) is 0 Å². The SMILES string of the molecule is C#CCNC(=O)CN1CCCS1(=O)=O. The highest BCUT2D eigenvalue weighted by Crippen LogP contribution is 2.11. The third-order valence-corrected chi connectivity index (χ3v) is 3.81. The van der Waals surface area contributed by atoms with Crippen molar-refractivity contribution >= 4 is 15.9 Å². The Kier molecular flexibility index (Phi) is 3.49. The van der Waals surface area contributed by atoms with Crippen LogP contribution >= 0.6 is 0 Å². The van der Waals surface area contributed by atoms with Gasteiger partial charge >= 0.3 is 0 Å². The monoisotopic (exact) mass is 216 g/mol. The van der Waals surface area contributed by atoms with Crippen LogP contribution in [-0.4, -0.2) is 44.0 Å². The summed E-state index contributed by atoms with van der Waals surface area (Å²) in [6.45, 7) is 0.433. The molecule has 0 unspecified atom stereocenters. The molecule has 0 radical (unpaired) electrons. The molecule has 1 N–H and O–H groups in total. The van der Waals surface area contributed by atoms with Crippen LogP contribution in [0.2, 0.25) is 0 Å². The van der Waals surface area contributed by atoms with E-state index in [1.54, 1.807) is 0 Å². The maximum atomic E-state index is 11.3. The molecule has 0 aromatic heterocycles. The van der Waals surface area contributed by atoms with E-state index in [-0.39, 0.29) is 24.7 Å². The lowest BCUT2D eigenvalue weighted by Crippen LogP contribution is -2.38. The molecule has 0 saturated carbocycles. The summed E-state index contributed by atoms with van der Waals surface area (Å²) in [5, 5.41) is 2.42. The molecule has 78 valence electrons. The summed E-state index contributed by atoms with van der Waals surface area (Å²) in [6.07, 6.45) is 5.53. The maximum Gasteiger partial charge on any atom is 0.236 e. The molecule has 0 aliphatic carbocycles. The largest absolute Gasteiger partial charge is 0.344 e. The van der Waals surface area contributed by atoms with Gasteiger partial charge in [0.1, 0.15) is 0 Å². The summed E-state index contributed by atoms with van der Waals surface area (Å²) in [6, 6.07) is 0. The predicted molar refractivity (Wildman–Crippen MR) is 51.8 cm³/mol. The number of amides is 1. The molecule has 0 atom stereocenters. The van der Waals surface area contributed by atoms with Gasteiger partial charge in [-0.15, -0.1) is 6.42 Å². The van der Waals surface area contributed by atoms with E-state index in [1.807, 2.05) is 0 Å². The van der Waals surface area contributed by atoms with Gasteiger partial charge in [0, 0.05) is 6.54 Å². The Balaban J connectivity index is 2.45. The van der Waals surface area contributed by atoms with Crippen LogP contribution in [0.4, 0.5) is 0 Å². The molecular weight excluding hydrogens is 204 g/mol. The van der Waals surface area contributed by atoms with E-state index in [9.17, 15) is 13.2 Å². The molecule has 1 amide bonds. The molecule has 1 aliphatic rings. The van der Waals surface area contributed by atoms with E-state index in [0.717, 1.165) is 0 Å². The molecule has 14 heavy (non-hydrogen) atoms. The van der Waals surface area contributed by atoms with E-state index in [2.05, 4.69) is 11.2 Å². The number of sulfonamides is 1. The molecule has 1 saturated heterocycles. The quantitative estimate of drug-likeness (QED) is 0.601. The number of nitrogens with one attached hydrogen (secondary N) is 1. The topological polar surface area (TPSA) is 66.5 Å². The zero-order chi connectivity index (χ0) is 10.6. The van der Waals surface area contributed by atoms with Gasteiger partial charge < -0.3 is 5.32 Å². The van der Waals surface area contributed by atoms with Crippen LogP contribution in [0.15, 0.2) is 0 Å². The number of hydrogen-bond donors (Lipinski definition) is 1. The summed E-state index contributed by atoms with van der Waals surface area (Å²) in [7, 11) is -3.19. The van der Waals surface area contributed by atoms with Gasteiger partial charge in [-0.25, -0.2) is 8.42 Å². The molecule has 0 aromatic rings. The first-order valence-corrected chi connectivity index (χ1v) is 5.85. The first-order valence-electron chi connectivity index (χ1n) is 4.24. The minimum atomic E-state index is -3.19. The average molecular weight is 216 g/mol. The molecule has 1 rings (SSSR count). The highest BCUT2D eigenvalue weighted by atomic mass is 32.2. The van der Waals surface area contributed by atoms with E-state index < -0.39 is 10.0 Å². The van der Waals surface area contributed by atoms with Gasteiger partial charge in [0.25, 0.3) is 0 Å². The lowest BCUT2D eigenvalue weighted by molar-refractivity contribution is -0.121. The van der Waals surface area contributed by atoms with Crippen LogP contribution in [0.3, 0.4) is 0 Å². The van der Waals surface area contributed by atoms with Crippen molar-refractivity contribution < 1.29 is 13.2 Å². The number of terminal acetylenes is 1. The normalized spacial score (nSPS) is 20.2. The minimum Gasteiger partial charge on any atom is -0.344 e. The number of hydrogen-bond acceptors (Lipinski definition) is 3. The summed E-state index contributed by atoms with van der Waals surface area (Å²) in [4.78, 5) is 11.1. The van der Waals surface area contributed by atoms with Crippen molar-refractivity contribution in [2.45, 2.75) is 6.42 Å². The molecule has 1 aliphatic heterocycles. The van der Waals surface area contributed by atoms with E-state index in [0.29, 0.717) is 13.0 Å². The van der Waals surface area contributed by atoms with E-state index in [4.69, 9.17) is 6.42 Å². The fourth-order valence-electron chi connectivity index (χ4n) is 1.23. The van der Waals surface area contributed by atoms with Crippen molar-refractivity contribution in [1.29, 1.82) is 0 Å². The Labute approximate surface area is 83.5 Å². The van der Waals surface area contributed by atoms with Crippen LogP contribution in [-0.2, 0) is 14.8 Å². The Morgan fingerprint density at radius 2 is 2.29 bits per heavy atom. The zero-order valence-corrected chi connectivity index (χ0v) is 8.51. The first kappa shape index (κ1) is 11.0. The van der Waals surface area contributed by atoms with Crippen LogP contribution in [0, 0.1) is 12.3 Å². The first-order chi connectivity index (χ1) is 6.56. The van der Waals surface area contributed by atoms with Crippen LogP contribution in [0.5, 0.6) is 0 Å². The molecule has 5 nitrogen and oxygen atoms in total. The molecule has 0 aromatic carbocycles. The minimum absolute atomic E-state index is 0.121. The Hall–Kier alpha value is -1.06. The van der Waals surface area contributed by atoms with Gasteiger partial charge in [-0.2, -0.15) is 4.31 Å². The van der Waals surface area contributed by atoms with Gasteiger partial charge in [0.2, 0.25) is 15.9 Å². The molecule has 0 bridgehead atoms. The van der Waals surface area contributed by atoms with Crippen molar-refractivity contribution in [2.24, 2.45) is 0 Å². The van der Waals surface area contributed by atoms with Crippen molar-refractivity contribution in [2.75, 3.05) is 25.4 Å². The van der Waals surface area contributed by atoms with E-state index in [1.165, 1.54) is 4.31 Å². The average Bonchev–Trinajstić information content (AvgIpc) is 2.43. The highest BCUT2D eigenvalue weighted by molar-refractivity contribution is 7.89. The van der Waals surface area contributed by atoms with Crippen LogP contribution in [0.25, 0.3) is 0 Å². The van der Waals surface area contributed by atoms with Crippen molar-refractivity contribution in [3.8, 4) is 12.3 Å². The Morgan fingerprint density at radius 3 is 2.79 bits per heavy atom. The zero-order valence-electron chi connectivity index (χ0n) is 7.69. The van der Waals surface area contributed by atoms with Crippen molar-refractivity contribution in [3.63, 3.8) is 0 Å². The number of carbonyl (C=O) groups is 1. The lowest BCUT2D eigenvalue weighted by Gasteiger charge is -2.12. The molecule has 1 heterocycles. The molecule has 1 fully saturated rings. The summed E-state index contributed by atoms with van der Waals surface area (Å²) in [5.74, 6) is 2.03. The van der Waals surface area contributed by atoms with Gasteiger partial charge in [-0.05, 0) is 6.42 Å². The van der Waals surface area contributed by atoms with Gasteiger partial charge in [0.05, 0.1) is 18.8 Å². The number of rotatable bonds is 3. The third-order valence-electron chi connectivity index (χ3n) is 1.91. The fourth-order valence-corrected chi connectivity index (χ4v) is 2.71. The van der Waals surface area contributed by atoms with Gasteiger partial charge in [-0.1, -0.05) is 5.92 Å².